The average Bonchev–Trinajstić information content (AvgIpc) is 1.18. The summed E-state index contributed by atoms with van der Waals surface area (Å²) in [7, 11) is 0. The molecule has 100 heavy (non-hydrogen) atoms. The lowest BCUT2D eigenvalue weighted by atomic mass is 9.75. The molecule has 0 atom stereocenters. The molecule has 1 aliphatic carbocycles. The number of rotatable bonds is 4. The first-order valence-electron chi connectivity index (χ1n) is 34.3. The third-order valence-electron chi connectivity index (χ3n) is 22.0. The van der Waals surface area contributed by atoms with Crippen molar-refractivity contribution in [1.29, 1.82) is 0 Å². The molecule has 460 valence electrons. The molecule has 0 radical (unpaired) electrons. The molecule has 18 aromatic carbocycles. The van der Waals surface area contributed by atoms with Crippen molar-refractivity contribution in [1.82, 2.24) is 0 Å². The summed E-state index contributed by atoms with van der Waals surface area (Å²) in [4.78, 5) is 0. The second-order valence-corrected chi connectivity index (χ2v) is 27.2. The number of furan rings is 4. The van der Waals surface area contributed by atoms with E-state index in [0.717, 1.165) is 177 Å². The van der Waals surface area contributed by atoms with Gasteiger partial charge in [-0.15, -0.1) is 0 Å². The highest BCUT2D eigenvalue weighted by Crippen LogP contribution is 2.57. The highest BCUT2D eigenvalue weighted by Gasteiger charge is 2.30. The zero-order chi connectivity index (χ0) is 65.0. The van der Waals surface area contributed by atoms with Crippen LogP contribution in [0.15, 0.2) is 333 Å². The van der Waals surface area contributed by atoms with E-state index in [1.54, 1.807) is 0 Å². The number of fused-ring (bicyclic) bond motifs is 32. The Hall–Kier alpha value is -13.3. The van der Waals surface area contributed by atoms with Crippen molar-refractivity contribution in [3.63, 3.8) is 0 Å². The second-order valence-electron chi connectivity index (χ2n) is 27.2. The minimum atomic E-state index is 0.852. The van der Waals surface area contributed by atoms with E-state index in [2.05, 4.69) is 315 Å². The molecule has 22 aromatic rings. The van der Waals surface area contributed by atoms with Gasteiger partial charge in [-0.25, -0.2) is 0 Å². The third-order valence-corrected chi connectivity index (χ3v) is 22.0. The largest absolute Gasteiger partial charge is 0.456 e. The van der Waals surface area contributed by atoms with Gasteiger partial charge in [0.2, 0.25) is 0 Å². The Balaban J connectivity index is 0.926. The van der Waals surface area contributed by atoms with Gasteiger partial charge >= 0.3 is 0 Å². The summed E-state index contributed by atoms with van der Waals surface area (Å²) in [5, 5.41) is 23.1. The van der Waals surface area contributed by atoms with Crippen molar-refractivity contribution in [2.45, 2.75) is 0 Å². The van der Waals surface area contributed by atoms with Gasteiger partial charge in [0, 0.05) is 43.1 Å². The summed E-state index contributed by atoms with van der Waals surface area (Å²) >= 11 is 0. The van der Waals surface area contributed by atoms with Crippen LogP contribution in [-0.2, 0) is 0 Å². The van der Waals surface area contributed by atoms with Crippen LogP contribution in [0.25, 0.3) is 241 Å². The molecule has 0 amide bonds. The van der Waals surface area contributed by atoms with Crippen LogP contribution in [0.3, 0.4) is 0 Å². The van der Waals surface area contributed by atoms with E-state index in [1.165, 1.54) is 64.6 Å². The number of hydrogen-bond acceptors (Lipinski definition) is 4. The standard InChI is InChI=1S/C96H52O4/c1-5-21-61-57(17-1)58-18-2-6-22-62(58)74-50-82-79-47-71(55-35-39-95-87(43-55)67-27-11-15-31-91(67)99-95)72(56-36-40-96-88(44-56)68-28-12-16-32-92(68)100-96)48-80(79)84-52-76-64-24-8-4-20-60(64)59-19-3-7-23-63(59)75(76)51-83(84)78-46-70(54-34-38-94-86(42-54)66-26-10-14-30-90(66)98-94)69(45-77(78)81(82)49-73(61)74)53-33-37-93-85(41-53)65-25-9-13-29-89(65)97-93/h1-52H. The van der Waals surface area contributed by atoms with Crippen LogP contribution < -0.4 is 0 Å². The normalized spacial score (nSPS) is 12.4. The molecule has 0 spiro atoms. The van der Waals surface area contributed by atoms with Gasteiger partial charge in [-0.3, -0.25) is 0 Å². The predicted octanol–water partition coefficient (Wildman–Crippen LogP) is 27.9. The number of para-hydroxylation sites is 4. The summed E-state index contributed by atoms with van der Waals surface area (Å²) in [6.45, 7) is 0. The van der Waals surface area contributed by atoms with E-state index in [4.69, 9.17) is 17.7 Å². The van der Waals surface area contributed by atoms with Crippen molar-refractivity contribution in [2.24, 2.45) is 0 Å². The maximum absolute atomic E-state index is 6.60. The molecule has 0 bridgehead atoms. The average molecular weight is 1270 g/mol. The first-order chi connectivity index (χ1) is 49.5. The van der Waals surface area contributed by atoms with Gasteiger partial charge in [0.25, 0.3) is 0 Å². The molecule has 0 N–H and O–H groups in total. The Labute approximate surface area is 571 Å². The summed E-state index contributed by atoms with van der Waals surface area (Å²) < 4.78 is 26.4. The van der Waals surface area contributed by atoms with Gasteiger partial charge in [0.1, 0.15) is 44.7 Å². The number of benzene rings is 18. The minimum absolute atomic E-state index is 0.852. The summed E-state index contributed by atoms with van der Waals surface area (Å²) in [5.74, 6) is 0. The zero-order valence-electron chi connectivity index (χ0n) is 53.7. The molecule has 4 heterocycles. The van der Waals surface area contributed by atoms with E-state index in [-0.39, 0.29) is 0 Å². The molecule has 0 aliphatic heterocycles. The topological polar surface area (TPSA) is 52.6 Å². The van der Waals surface area contributed by atoms with Crippen molar-refractivity contribution in [3.8, 4) is 89.0 Å². The first kappa shape index (κ1) is 53.9. The molecule has 4 aromatic heterocycles. The maximum Gasteiger partial charge on any atom is 0.135 e. The van der Waals surface area contributed by atoms with Gasteiger partial charge in [0.15, 0.2) is 0 Å². The van der Waals surface area contributed by atoms with E-state index >= 15 is 0 Å². The van der Waals surface area contributed by atoms with E-state index < -0.39 is 0 Å². The molecule has 4 nitrogen and oxygen atoms in total. The van der Waals surface area contributed by atoms with Gasteiger partial charge in [-0.2, -0.15) is 0 Å². The maximum atomic E-state index is 6.60. The van der Waals surface area contributed by atoms with Crippen LogP contribution in [0.1, 0.15) is 0 Å². The van der Waals surface area contributed by atoms with Crippen molar-refractivity contribution in [2.75, 3.05) is 0 Å². The monoisotopic (exact) mass is 1270 g/mol. The lowest BCUT2D eigenvalue weighted by Gasteiger charge is -2.28. The quantitative estimate of drug-likeness (QED) is 0.165. The Kier molecular flexibility index (Phi) is 10.9. The molecule has 0 saturated heterocycles. The fourth-order valence-electron chi connectivity index (χ4n) is 17.4. The van der Waals surface area contributed by atoms with E-state index in [9.17, 15) is 0 Å². The summed E-state index contributed by atoms with van der Waals surface area (Å²) in [5.41, 5.74) is 24.7. The first-order valence-corrected chi connectivity index (χ1v) is 34.3. The Morgan fingerprint density at radius 3 is 0.500 bits per heavy atom. The molecular weight excluding hydrogens is 1220 g/mol. The molecule has 0 unspecified atom stereocenters. The van der Waals surface area contributed by atoms with Gasteiger partial charge in [-0.05, 0) is 275 Å². The highest BCUT2D eigenvalue weighted by atomic mass is 16.3. The fraction of sp³-hybridized carbons (Fsp3) is 0. The minimum Gasteiger partial charge on any atom is -0.456 e. The summed E-state index contributed by atoms with van der Waals surface area (Å²) in [6.07, 6.45) is 0. The SMILES string of the molecule is c1ccc2c(c1)oc1ccc(-c3cc4c(cc3-c3ccc5oc6ccccc6c5c3)-c3cc5c6ccccc6c6ccccc6c5cc3-c3cc(-c5ccc6oc7ccccc7c6c5)c(-c5ccc6oc7ccccc7c6c5)cc3-c3cc5c6ccccc6c6ccccc6c5cc3-4)cc12. The van der Waals surface area contributed by atoms with Crippen molar-refractivity contribution >= 4 is 152 Å². The van der Waals surface area contributed by atoms with Crippen molar-refractivity contribution in [3.05, 3.63) is 315 Å². The van der Waals surface area contributed by atoms with Crippen LogP contribution in [-0.4, -0.2) is 0 Å². The Bertz CT molecular complexity index is 6530. The van der Waals surface area contributed by atoms with E-state index in [1.807, 2.05) is 0 Å². The zero-order valence-corrected chi connectivity index (χ0v) is 53.7. The van der Waals surface area contributed by atoms with Gasteiger partial charge < -0.3 is 17.7 Å². The molecule has 1 aliphatic rings. The molecule has 0 fully saturated rings. The summed E-state index contributed by atoms with van der Waals surface area (Å²) in [6, 6.07) is 117. The van der Waals surface area contributed by atoms with Crippen LogP contribution in [0, 0.1) is 0 Å². The second kappa shape index (κ2) is 20.2. The molecular formula is C96H52O4. The van der Waals surface area contributed by atoms with Gasteiger partial charge in [-0.1, -0.05) is 194 Å². The lowest BCUT2D eigenvalue weighted by molar-refractivity contribution is 0.668. The highest BCUT2D eigenvalue weighted by molar-refractivity contribution is 6.30. The Morgan fingerprint density at radius 2 is 0.280 bits per heavy atom. The number of hydrogen-bond donors (Lipinski definition) is 0. The smallest absolute Gasteiger partial charge is 0.135 e. The van der Waals surface area contributed by atoms with Gasteiger partial charge in [0.05, 0.1) is 0 Å². The lowest BCUT2D eigenvalue weighted by Crippen LogP contribution is -2.01. The predicted molar refractivity (Wildman–Crippen MR) is 418 cm³/mol. The molecule has 4 heteroatoms. The van der Waals surface area contributed by atoms with Crippen LogP contribution in [0.2, 0.25) is 0 Å². The van der Waals surface area contributed by atoms with Crippen LogP contribution in [0.5, 0.6) is 0 Å². The third kappa shape index (κ3) is 7.64. The Morgan fingerprint density at radius 1 is 0.110 bits per heavy atom. The molecule has 23 rings (SSSR count). The van der Waals surface area contributed by atoms with Crippen LogP contribution in [0.4, 0.5) is 0 Å². The van der Waals surface area contributed by atoms with E-state index in [0.29, 0.717) is 0 Å². The van der Waals surface area contributed by atoms with Crippen LogP contribution >= 0.6 is 0 Å². The fourth-order valence-corrected chi connectivity index (χ4v) is 17.4. The molecule has 0 saturated carbocycles. The van der Waals surface area contributed by atoms with Crippen molar-refractivity contribution < 1.29 is 17.7 Å².